The summed E-state index contributed by atoms with van der Waals surface area (Å²) in [7, 11) is -1.88. The topological polar surface area (TPSA) is 90.5 Å². The number of sulfonamides is 1. The van der Waals surface area contributed by atoms with Crippen molar-refractivity contribution in [3.8, 4) is 0 Å². The van der Waals surface area contributed by atoms with Crippen LogP contribution < -0.4 is 10.6 Å². The first-order chi connectivity index (χ1) is 16.8. The normalized spacial score (nSPS) is 15.9. The number of nitrogens with one attached hydrogen (secondary N) is 2. The highest BCUT2D eigenvalue weighted by Crippen LogP contribution is 2.25. The largest absolute Gasteiger partial charge is 0.344 e. The van der Waals surface area contributed by atoms with Gasteiger partial charge >= 0.3 is 0 Å². The Labute approximate surface area is 211 Å². The monoisotopic (exact) mass is 512 g/mol. The van der Waals surface area contributed by atoms with Crippen molar-refractivity contribution in [2.24, 2.45) is 0 Å². The molecular weight excluding hydrogens is 480 g/mol. The van der Waals surface area contributed by atoms with E-state index in [9.17, 15) is 8.42 Å². The average molecular weight is 513 g/mol. The summed E-state index contributed by atoms with van der Waals surface area (Å²) in [4.78, 5) is 11.4. The Bertz CT molecular complexity index is 1240. The first-order valence-corrected chi connectivity index (χ1v) is 14.0. The molecule has 1 aliphatic heterocycles. The lowest BCUT2D eigenvalue weighted by atomic mass is 10.1. The zero-order valence-electron chi connectivity index (χ0n) is 20.3. The van der Waals surface area contributed by atoms with Gasteiger partial charge < -0.3 is 10.6 Å². The number of benzene rings is 1. The fourth-order valence-corrected chi connectivity index (χ4v) is 6.12. The minimum absolute atomic E-state index is 0.000734. The summed E-state index contributed by atoms with van der Waals surface area (Å²) >= 11 is 1.71. The predicted octanol–water partition coefficient (Wildman–Crippen LogP) is 4.90. The van der Waals surface area contributed by atoms with Crippen molar-refractivity contribution in [1.29, 1.82) is 0 Å². The van der Waals surface area contributed by atoms with Crippen molar-refractivity contribution in [1.82, 2.24) is 19.2 Å². The van der Waals surface area contributed by atoms with Crippen LogP contribution in [0.4, 0.5) is 17.5 Å². The van der Waals surface area contributed by atoms with E-state index in [0.29, 0.717) is 17.5 Å². The van der Waals surface area contributed by atoms with Crippen molar-refractivity contribution >= 4 is 38.8 Å². The van der Waals surface area contributed by atoms with Gasteiger partial charge in [-0.25, -0.2) is 13.4 Å². The van der Waals surface area contributed by atoms with Crippen LogP contribution in [-0.2, 0) is 16.6 Å². The number of piperidine rings is 1. The molecule has 3 aromatic rings. The molecule has 1 fully saturated rings. The highest BCUT2D eigenvalue weighted by molar-refractivity contribution is 7.89. The third-order valence-corrected chi connectivity index (χ3v) is 8.92. The lowest BCUT2D eigenvalue weighted by Gasteiger charge is -2.36. The standard InChI is InChI=1S/C25H32N6O2S2/c1-4-19(2)27-24-9-13-26-25(29-24)28-21-5-7-23(8-6-21)35(32,33)30(3)22-10-14-31(15-11-22)17-20-12-16-34-18-20/h4-9,12-13,16,18,22H,10-11,14-15,17H2,1-3H3,(H2,26,27,28,29)/b19-4+. The molecule has 0 aliphatic carbocycles. The number of hydrogen-bond acceptors (Lipinski definition) is 8. The Morgan fingerprint density at radius 1 is 1.20 bits per heavy atom. The van der Waals surface area contributed by atoms with Gasteiger partial charge in [-0.3, -0.25) is 4.90 Å². The molecule has 2 N–H and O–H groups in total. The molecule has 1 saturated heterocycles. The van der Waals surface area contributed by atoms with Crippen LogP contribution in [0.5, 0.6) is 0 Å². The molecule has 2 aromatic heterocycles. The summed E-state index contributed by atoms with van der Waals surface area (Å²) in [6.07, 6.45) is 5.28. The number of rotatable bonds is 9. The van der Waals surface area contributed by atoms with E-state index in [-0.39, 0.29) is 10.9 Å². The van der Waals surface area contributed by atoms with Gasteiger partial charge in [0, 0.05) is 50.3 Å². The van der Waals surface area contributed by atoms with Gasteiger partial charge in [0.05, 0.1) is 4.90 Å². The van der Waals surface area contributed by atoms with Crippen molar-refractivity contribution in [2.45, 2.75) is 44.2 Å². The van der Waals surface area contributed by atoms with Gasteiger partial charge in [-0.2, -0.15) is 20.6 Å². The van der Waals surface area contributed by atoms with Gasteiger partial charge in [0.1, 0.15) is 5.82 Å². The zero-order chi connectivity index (χ0) is 24.8. The van der Waals surface area contributed by atoms with Crippen LogP contribution in [0.25, 0.3) is 0 Å². The summed E-state index contributed by atoms with van der Waals surface area (Å²) in [5.74, 6) is 1.11. The second kappa shape index (κ2) is 11.3. The Kier molecular flexibility index (Phi) is 8.17. The number of anilines is 3. The lowest BCUT2D eigenvalue weighted by Crippen LogP contribution is -2.45. The summed E-state index contributed by atoms with van der Waals surface area (Å²) < 4.78 is 28.1. The van der Waals surface area contributed by atoms with Crippen molar-refractivity contribution in [3.63, 3.8) is 0 Å². The van der Waals surface area contributed by atoms with Crippen molar-refractivity contribution < 1.29 is 8.42 Å². The molecule has 0 unspecified atom stereocenters. The minimum atomic E-state index is -3.58. The SMILES string of the molecule is C/C=C(\C)Nc1ccnc(Nc2ccc(S(=O)(=O)N(C)C3CCN(Cc4ccsc4)CC3)cc2)n1. The molecule has 4 rings (SSSR count). The number of allylic oxidation sites excluding steroid dienone is 2. The third-order valence-electron chi connectivity index (χ3n) is 6.26. The van der Waals surface area contributed by atoms with Crippen molar-refractivity contribution in [3.05, 3.63) is 70.7 Å². The fraction of sp³-hybridized carbons (Fsp3) is 0.360. The first-order valence-electron chi connectivity index (χ1n) is 11.7. The average Bonchev–Trinajstić information content (AvgIpc) is 3.37. The molecule has 0 amide bonds. The number of aromatic nitrogens is 2. The molecule has 1 aromatic carbocycles. The predicted molar refractivity (Wildman–Crippen MR) is 142 cm³/mol. The summed E-state index contributed by atoms with van der Waals surface area (Å²) in [6.45, 7) is 6.62. The van der Waals surface area contributed by atoms with E-state index < -0.39 is 10.0 Å². The lowest BCUT2D eigenvalue weighted by molar-refractivity contribution is 0.164. The smallest absolute Gasteiger partial charge is 0.243 e. The number of nitrogens with zero attached hydrogens (tertiary/aromatic N) is 4. The van der Waals surface area contributed by atoms with E-state index >= 15 is 0 Å². The Morgan fingerprint density at radius 2 is 1.94 bits per heavy atom. The van der Waals surface area contributed by atoms with Crippen LogP contribution in [0.15, 0.2) is 70.0 Å². The Morgan fingerprint density at radius 3 is 2.60 bits per heavy atom. The summed E-state index contributed by atoms with van der Waals surface area (Å²) in [5, 5.41) is 10.6. The molecule has 35 heavy (non-hydrogen) atoms. The van der Waals surface area contributed by atoms with E-state index in [4.69, 9.17) is 0 Å². The molecule has 0 bridgehead atoms. The second-order valence-corrected chi connectivity index (χ2v) is 11.4. The maximum absolute atomic E-state index is 13.3. The molecule has 0 atom stereocenters. The highest BCUT2D eigenvalue weighted by atomic mass is 32.2. The van der Waals surface area contributed by atoms with Gasteiger partial charge in [-0.1, -0.05) is 6.08 Å². The maximum Gasteiger partial charge on any atom is 0.243 e. The molecule has 1 aliphatic rings. The second-order valence-electron chi connectivity index (χ2n) is 8.67. The van der Waals surface area contributed by atoms with Gasteiger partial charge in [-0.15, -0.1) is 0 Å². The number of thiophene rings is 1. The number of likely N-dealkylation sites (tertiary alicyclic amines) is 1. The first kappa shape index (κ1) is 25.3. The van der Waals surface area contributed by atoms with Gasteiger partial charge in [0.2, 0.25) is 16.0 Å². The van der Waals surface area contributed by atoms with Crippen molar-refractivity contribution in [2.75, 3.05) is 30.8 Å². The van der Waals surface area contributed by atoms with Gasteiger partial charge in [0.25, 0.3) is 0 Å². The summed E-state index contributed by atoms with van der Waals surface area (Å²) in [6, 6.07) is 10.7. The Hall–Kier alpha value is -2.79. The van der Waals surface area contributed by atoms with Crippen LogP contribution in [0.2, 0.25) is 0 Å². The molecule has 186 valence electrons. The van der Waals surface area contributed by atoms with Crippen LogP contribution in [0.3, 0.4) is 0 Å². The fourth-order valence-electron chi connectivity index (χ4n) is 4.05. The molecule has 0 radical (unpaired) electrons. The number of hydrogen-bond donors (Lipinski definition) is 2. The Balaban J connectivity index is 1.36. The van der Waals surface area contributed by atoms with E-state index in [0.717, 1.165) is 38.2 Å². The molecular formula is C25H32N6O2S2. The van der Waals surface area contributed by atoms with Crippen LogP contribution in [-0.4, -0.2) is 53.8 Å². The van der Waals surface area contributed by atoms with E-state index in [1.165, 1.54) is 5.56 Å². The van der Waals surface area contributed by atoms with E-state index in [2.05, 4.69) is 42.3 Å². The highest BCUT2D eigenvalue weighted by Gasteiger charge is 2.30. The molecule has 3 heterocycles. The minimum Gasteiger partial charge on any atom is -0.344 e. The summed E-state index contributed by atoms with van der Waals surface area (Å²) in [5.41, 5.74) is 3.03. The molecule has 0 spiro atoms. The molecule has 0 saturated carbocycles. The van der Waals surface area contributed by atoms with Gasteiger partial charge in [0.15, 0.2) is 0 Å². The van der Waals surface area contributed by atoms with E-state index in [1.54, 1.807) is 59.2 Å². The maximum atomic E-state index is 13.3. The molecule has 8 nitrogen and oxygen atoms in total. The van der Waals surface area contributed by atoms with Crippen LogP contribution in [0.1, 0.15) is 32.3 Å². The quantitative estimate of drug-likeness (QED) is 0.421. The molecule has 10 heteroatoms. The van der Waals surface area contributed by atoms with E-state index in [1.807, 2.05) is 19.9 Å². The third kappa shape index (κ3) is 6.46. The zero-order valence-corrected chi connectivity index (χ0v) is 21.9. The van der Waals surface area contributed by atoms with Gasteiger partial charge in [-0.05, 0) is 79.4 Å². The van der Waals surface area contributed by atoms with Crippen LogP contribution in [0, 0.1) is 0 Å². The van der Waals surface area contributed by atoms with Crippen LogP contribution >= 0.6 is 11.3 Å².